The number of anilines is 1. The maximum Gasteiger partial charge on any atom is 0.261 e. The summed E-state index contributed by atoms with van der Waals surface area (Å²) >= 11 is 0. The minimum Gasteiger partial charge on any atom is -0.348 e. The maximum atomic E-state index is 12.7. The van der Waals surface area contributed by atoms with E-state index in [-0.39, 0.29) is 10.8 Å². The van der Waals surface area contributed by atoms with Gasteiger partial charge in [0, 0.05) is 29.1 Å². The third kappa shape index (κ3) is 5.02. The normalized spacial score (nSPS) is 11.3. The average molecular weight is 475 g/mol. The van der Waals surface area contributed by atoms with Crippen molar-refractivity contribution in [3.63, 3.8) is 0 Å². The minimum absolute atomic E-state index is 0.0838. The molecule has 174 valence electrons. The van der Waals surface area contributed by atoms with Gasteiger partial charge < -0.3 is 5.32 Å². The molecule has 1 amide bonds. The zero-order chi connectivity index (χ0) is 24.3. The highest BCUT2D eigenvalue weighted by atomic mass is 32.2. The molecular weight excluding hydrogens is 448 g/mol. The molecule has 0 bridgehead atoms. The molecule has 4 rings (SSSR count). The predicted octanol–water partition coefficient (Wildman–Crippen LogP) is 4.53. The summed E-state index contributed by atoms with van der Waals surface area (Å²) in [6.07, 6.45) is 0. The van der Waals surface area contributed by atoms with Crippen molar-refractivity contribution in [2.45, 2.75) is 32.2 Å². The van der Waals surface area contributed by atoms with E-state index in [0.29, 0.717) is 17.8 Å². The van der Waals surface area contributed by atoms with Crippen LogP contribution in [0.3, 0.4) is 0 Å². The van der Waals surface area contributed by atoms with Gasteiger partial charge in [-0.3, -0.25) is 9.52 Å². The molecule has 7 nitrogen and oxygen atoms in total. The van der Waals surface area contributed by atoms with Gasteiger partial charge in [-0.25, -0.2) is 13.1 Å². The van der Waals surface area contributed by atoms with Crippen LogP contribution < -0.4 is 10.0 Å². The molecule has 0 radical (unpaired) electrons. The van der Waals surface area contributed by atoms with Crippen molar-refractivity contribution in [1.29, 1.82) is 0 Å². The number of para-hydroxylation sites is 1. The van der Waals surface area contributed by atoms with Gasteiger partial charge in [0.15, 0.2) is 0 Å². The molecule has 0 aliphatic heterocycles. The molecule has 2 N–H and O–H groups in total. The Labute approximate surface area is 199 Å². The van der Waals surface area contributed by atoms with Crippen LogP contribution in [0.5, 0.6) is 0 Å². The van der Waals surface area contributed by atoms with Crippen LogP contribution >= 0.6 is 0 Å². The summed E-state index contributed by atoms with van der Waals surface area (Å²) in [6, 6.07) is 22.7. The summed E-state index contributed by atoms with van der Waals surface area (Å²) in [4.78, 5) is 12.8. The first kappa shape index (κ1) is 23.3. The Morgan fingerprint density at radius 1 is 0.882 bits per heavy atom. The predicted molar refractivity (Wildman–Crippen MR) is 133 cm³/mol. The van der Waals surface area contributed by atoms with Gasteiger partial charge >= 0.3 is 0 Å². The Kier molecular flexibility index (Phi) is 6.51. The number of sulfonamides is 1. The fourth-order valence-corrected chi connectivity index (χ4v) is 4.70. The van der Waals surface area contributed by atoms with Crippen molar-refractivity contribution in [2.75, 3.05) is 4.72 Å². The summed E-state index contributed by atoms with van der Waals surface area (Å²) in [7, 11) is -3.75. The molecule has 0 saturated carbocycles. The van der Waals surface area contributed by atoms with Crippen LogP contribution in [0.4, 0.5) is 5.69 Å². The van der Waals surface area contributed by atoms with Crippen molar-refractivity contribution in [3.8, 4) is 5.69 Å². The molecule has 0 fully saturated rings. The van der Waals surface area contributed by atoms with E-state index in [0.717, 1.165) is 28.2 Å². The quantitative estimate of drug-likeness (QED) is 0.412. The first-order valence-electron chi connectivity index (χ1n) is 10.8. The van der Waals surface area contributed by atoms with Gasteiger partial charge in [-0.2, -0.15) is 5.10 Å². The van der Waals surface area contributed by atoms with E-state index in [1.807, 2.05) is 67.9 Å². The number of carbonyl (C=O) groups excluding carboxylic acids is 1. The van der Waals surface area contributed by atoms with Crippen LogP contribution in [0.2, 0.25) is 0 Å². The van der Waals surface area contributed by atoms with E-state index in [1.54, 1.807) is 12.1 Å². The zero-order valence-electron chi connectivity index (χ0n) is 19.2. The Hall–Kier alpha value is -3.91. The van der Waals surface area contributed by atoms with Gasteiger partial charge in [0.05, 0.1) is 16.3 Å². The smallest absolute Gasteiger partial charge is 0.261 e. The highest BCUT2D eigenvalue weighted by Gasteiger charge is 2.17. The Bertz CT molecular complexity index is 1410. The second-order valence-corrected chi connectivity index (χ2v) is 9.76. The number of nitrogens with zero attached hydrogens (tertiary/aromatic N) is 2. The molecule has 0 saturated heterocycles. The summed E-state index contributed by atoms with van der Waals surface area (Å²) in [5.41, 5.74) is 5.58. The fourth-order valence-electron chi connectivity index (χ4n) is 3.64. The lowest BCUT2D eigenvalue weighted by molar-refractivity contribution is 0.0950. The number of carbonyl (C=O) groups is 1. The number of nitrogens with one attached hydrogen (secondary N) is 2. The second kappa shape index (κ2) is 9.52. The monoisotopic (exact) mass is 474 g/mol. The van der Waals surface area contributed by atoms with Crippen LogP contribution in [0.1, 0.15) is 32.9 Å². The lowest BCUT2D eigenvalue weighted by Crippen LogP contribution is -2.23. The van der Waals surface area contributed by atoms with Crippen LogP contribution in [-0.4, -0.2) is 24.1 Å². The molecule has 3 aromatic carbocycles. The number of benzene rings is 3. The molecule has 1 aromatic heterocycles. The lowest BCUT2D eigenvalue weighted by Gasteiger charge is -2.10. The summed E-state index contributed by atoms with van der Waals surface area (Å²) in [5.74, 6) is -0.290. The summed E-state index contributed by atoms with van der Waals surface area (Å²) < 4.78 is 29.7. The average Bonchev–Trinajstić information content (AvgIpc) is 3.12. The lowest BCUT2D eigenvalue weighted by atomic mass is 10.1. The van der Waals surface area contributed by atoms with Crippen LogP contribution in [-0.2, 0) is 16.6 Å². The van der Waals surface area contributed by atoms with Gasteiger partial charge in [-0.05, 0) is 69.3 Å². The van der Waals surface area contributed by atoms with E-state index in [2.05, 4.69) is 15.1 Å². The van der Waals surface area contributed by atoms with E-state index in [1.165, 1.54) is 24.3 Å². The first-order valence-corrected chi connectivity index (χ1v) is 12.3. The SMILES string of the molecule is Cc1ccc(NS(=O)(=O)c2ccc(C(=O)NCc3c(C)nn(-c4ccccc4)c3C)cc2)cc1. The van der Waals surface area contributed by atoms with E-state index in [4.69, 9.17) is 0 Å². The van der Waals surface area contributed by atoms with Crippen molar-refractivity contribution in [2.24, 2.45) is 0 Å². The van der Waals surface area contributed by atoms with Crippen molar-refractivity contribution in [3.05, 3.63) is 107 Å². The number of aromatic nitrogens is 2. The maximum absolute atomic E-state index is 12.7. The van der Waals surface area contributed by atoms with Gasteiger partial charge in [0.2, 0.25) is 0 Å². The van der Waals surface area contributed by atoms with Crippen LogP contribution in [0.15, 0.2) is 83.8 Å². The largest absolute Gasteiger partial charge is 0.348 e. The van der Waals surface area contributed by atoms with E-state index in [9.17, 15) is 13.2 Å². The van der Waals surface area contributed by atoms with Gasteiger partial charge in [0.1, 0.15) is 0 Å². The van der Waals surface area contributed by atoms with E-state index >= 15 is 0 Å². The zero-order valence-corrected chi connectivity index (χ0v) is 20.1. The van der Waals surface area contributed by atoms with Crippen LogP contribution in [0.25, 0.3) is 5.69 Å². The molecular formula is C26H26N4O3S. The number of hydrogen-bond donors (Lipinski definition) is 2. The van der Waals surface area contributed by atoms with Crippen molar-refractivity contribution in [1.82, 2.24) is 15.1 Å². The molecule has 0 aliphatic carbocycles. The minimum atomic E-state index is -3.75. The number of amides is 1. The Morgan fingerprint density at radius 3 is 2.18 bits per heavy atom. The Morgan fingerprint density at radius 2 is 1.53 bits per heavy atom. The molecule has 4 aromatic rings. The highest BCUT2D eigenvalue weighted by molar-refractivity contribution is 7.92. The summed E-state index contributed by atoms with van der Waals surface area (Å²) in [5, 5.41) is 7.51. The second-order valence-electron chi connectivity index (χ2n) is 8.08. The number of hydrogen-bond acceptors (Lipinski definition) is 4. The van der Waals surface area contributed by atoms with Gasteiger partial charge in [0.25, 0.3) is 15.9 Å². The molecule has 1 heterocycles. The fraction of sp³-hybridized carbons (Fsp3) is 0.154. The Balaban J connectivity index is 1.44. The molecule has 0 aliphatic rings. The molecule has 0 unspecified atom stereocenters. The first-order chi connectivity index (χ1) is 16.2. The van der Waals surface area contributed by atoms with Crippen LogP contribution in [0, 0.1) is 20.8 Å². The number of rotatable bonds is 7. The molecule has 8 heteroatoms. The topological polar surface area (TPSA) is 93.1 Å². The van der Waals surface area contributed by atoms with Crippen molar-refractivity contribution < 1.29 is 13.2 Å². The van der Waals surface area contributed by atoms with Gasteiger partial charge in [-0.1, -0.05) is 35.9 Å². The highest BCUT2D eigenvalue weighted by Crippen LogP contribution is 2.19. The molecule has 0 spiro atoms. The summed E-state index contributed by atoms with van der Waals surface area (Å²) in [6.45, 7) is 6.13. The van der Waals surface area contributed by atoms with Crippen molar-refractivity contribution >= 4 is 21.6 Å². The third-order valence-electron chi connectivity index (χ3n) is 5.60. The standard InChI is InChI=1S/C26H26N4O3S/c1-18-9-13-22(14-10-18)29-34(32,33)24-15-11-21(12-16-24)26(31)27-17-25-19(2)28-30(20(25)3)23-7-5-4-6-8-23/h4-16,29H,17H2,1-3H3,(H,27,31). The van der Waals surface area contributed by atoms with E-state index < -0.39 is 10.0 Å². The van der Waals surface area contributed by atoms with Gasteiger partial charge in [-0.15, -0.1) is 0 Å². The number of aryl methyl sites for hydroxylation is 2. The third-order valence-corrected chi connectivity index (χ3v) is 7.00. The molecule has 34 heavy (non-hydrogen) atoms. The molecule has 0 atom stereocenters.